The van der Waals surface area contributed by atoms with E-state index in [0.717, 1.165) is 31.4 Å². The second-order valence-corrected chi connectivity index (χ2v) is 5.31. The molecule has 0 saturated carbocycles. The third kappa shape index (κ3) is 8.91. The van der Waals surface area contributed by atoms with Crippen LogP contribution in [0.25, 0.3) is 0 Å². The summed E-state index contributed by atoms with van der Waals surface area (Å²) in [6.45, 7) is 8.66. The second-order valence-electron chi connectivity index (χ2n) is 5.31. The van der Waals surface area contributed by atoms with E-state index in [-0.39, 0.29) is 0 Å². The van der Waals surface area contributed by atoms with Crippen LogP contribution in [-0.2, 0) is 0 Å². The summed E-state index contributed by atoms with van der Waals surface area (Å²) in [5.41, 5.74) is 1.18. The molecule has 0 aromatic rings. The van der Waals surface area contributed by atoms with E-state index >= 15 is 0 Å². The lowest BCUT2D eigenvalue weighted by Gasteiger charge is -2.28. The van der Waals surface area contributed by atoms with E-state index in [1.807, 2.05) is 6.92 Å². The molecule has 1 nitrogen and oxygen atoms in total. The predicted octanol–water partition coefficient (Wildman–Crippen LogP) is 5.53. The van der Waals surface area contributed by atoms with Crippen molar-refractivity contribution in [1.29, 1.82) is 5.41 Å². The minimum atomic E-state index is 0.369. The summed E-state index contributed by atoms with van der Waals surface area (Å²) in [4.78, 5) is 0. The van der Waals surface area contributed by atoms with Crippen molar-refractivity contribution in [3.05, 3.63) is 24.3 Å². The molecular weight excluding hydrogens is 206 g/mol. The van der Waals surface area contributed by atoms with E-state index in [1.54, 1.807) is 0 Å². The van der Waals surface area contributed by atoms with Crippen LogP contribution in [0.5, 0.6) is 0 Å². The summed E-state index contributed by atoms with van der Waals surface area (Å²) in [6, 6.07) is 0. The monoisotopic (exact) mass is 235 g/mol. The second kappa shape index (κ2) is 9.21. The Morgan fingerprint density at radius 1 is 1.12 bits per heavy atom. The number of nitrogens with one attached hydrogen (secondary N) is 1. The quantitative estimate of drug-likeness (QED) is 0.401. The molecule has 0 rings (SSSR count). The molecule has 0 aliphatic heterocycles. The number of rotatable bonds is 9. The lowest BCUT2D eigenvalue weighted by Crippen LogP contribution is -2.16. The SMILES string of the molecule is CCC=CC=CCC(C)(CCC)CCC(C)=N. The van der Waals surface area contributed by atoms with Gasteiger partial charge in [0.05, 0.1) is 0 Å². The molecule has 1 heteroatoms. The topological polar surface area (TPSA) is 23.9 Å². The summed E-state index contributed by atoms with van der Waals surface area (Å²) in [6.07, 6.45) is 15.5. The van der Waals surface area contributed by atoms with Crippen LogP contribution >= 0.6 is 0 Å². The van der Waals surface area contributed by atoms with Gasteiger partial charge in [0.2, 0.25) is 0 Å². The Hall–Kier alpha value is -0.850. The number of hydrogen-bond acceptors (Lipinski definition) is 1. The first kappa shape index (κ1) is 16.1. The lowest BCUT2D eigenvalue weighted by atomic mass is 9.78. The van der Waals surface area contributed by atoms with Gasteiger partial charge < -0.3 is 5.41 Å². The van der Waals surface area contributed by atoms with Crippen LogP contribution in [0.1, 0.15) is 66.2 Å². The van der Waals surface area contributed by atoms with Gasteiger partial charge in [0.25, 0.3) is 0 Å². The molecule has 0 amide bonds. The summed E-state index contributed by atoms with van der Waals surface area (Å²) in [5, 5.41) is 7.55. The van der Waals surface area contributed by atoms with Crippen molar-refractivity contribution in [2.24, 2.45) is 5.41 Å². The average molecular weight is 235 g/mol. The fraction of sp³-hybridized carbons (Fsp3) is 0.688. The minimum Gasteiger partial charge on any atom is -0.310 e. The van der Waals surface area contributed by atoms with Gasteiger partial charge in [0, 0.05) is 5.71 Å². The first-order valence-electron chi connectivity index (χ1n) is 6.89. The highest BCUT2D eigenvalue weighted by Gasteiger charge is 2.21. The van der Waals surface area contributed by atoms with E-state index in [9.17, 15) is 0 Å². The highest BCUT2D eigenvalue weighted by molar-refractivity contribution is 5.78. The molecule has 1 N–H and O–H groups in total. The highest BCUT2D eigenvalue weighted by Crippen LogP contribution is 2.33. The smallest absolute Gasteiger partial charge is 0.00584 e. The minimum absolute atomic E-state index is 0.369. The molecule has 0 aliphatic carbocycles. The Morgan fingerprint density at radius 3 is 2.29 bits per heavy atom. The highest BCUT2D eigenvalue weighted by atomic mass is 14.4. The van der Waals surface area contributed by atoms with Gasteiger partial charge in [-0.25, -0.2) is 0 Å². The molecule has 1 unspecified atom stereocenters. The summed E-state index contributed by atoms with van der Waals surface area (Å²) < 4.78 is 0. The molecular formula is C16H29N. The lowest BCUT2D eigenvalue weighted by molar-refractivity contribution is 0.277. The van der Waals surface area contributed by atoms with Gasteiger partial charge in [-0.1, -0.05) is 51.5 Å². The maximum atomic E-state index is 7.55. The van der Waals surface area contributed by atoms with E-state index < -0.39 is 0 Å². The van der Waals surface area contributed by atoms with Gasteiger partial charge in [-0.3, -0.25) is 0 Å². The maximum Gasteiger partial charge on any atom is 0.00584 e. The summed E-state index contributed by atoms with van der Waals surface area (Å²) in [7, 11) is 0. The Labute approximate surface area is 108 Å². The molecule has 0 aromatic carbocycles. The van der Waals surface area contributed by atoms with Crippen LogP contribution in [0.2, 0.25) is 0 Å². The fourth-order valence-corrected chi connectivity index (χ4v) is 2.07. The Kier molecular flexibility index (Phi) is 8.75. The molecule has 0 aromatic heterocycles. The van der Waals surface area contributed by atoms with Crippen LogP contribution in [0, 0.1) is 10.8 Å². The molecule has 17 heavy (non-hydrogen) atoms. The van der Waals surface area contributed by atoms with Crippen LogP contribution < -0.4 is 0 Å². The van der Waals surface area contributed by atoms with Crippen molar-refractivity contribution in [1.82, 2.24) is 0 Å². The Morgan fingerprint density at radius 2 is 1.76 bits per heavy atom. The predicted molar refractivity (Wildman–Crippen MR) is 78.8 cm³/mol. The van der Waals surface area contributed by atoms with Gasteiger partial charge in [-0.15, -0.1) is 0 Å². The summed E-state index contributed by atoms with van der Waals surface area (Å²) in [5.74, 6) is 0. The van der Waals surface area contributed by atoms with Crippen molar-refractivity contribution >= 4 is 5.71 Å². The van der Waals surface area contributed by atoms with Crippen LogP contribution in [0.3, 0.4) is 0 Å². The molecule has 0 fully saturated rings. The zero-order chi connectivity index (χ0) is 13.1. The van der Waals surface area contributed by atoms with E-state index in [0.29, 0.717) is 5.41 Å². The van der Waals surface area contributed by atoms with Crippen LogP contribution in [0.15, 0.2) is 24.3 Å². The standard InChI is InChI=1S/C16H29N/c1-5-7-8-9-10-13-16(4,12-6-2)14-11-15(3)17/h7-10,17H,5-6,11-14H2,1-4H3. The Bertz CT molecular complexity index is 263. The molecule has 0 heterocycles. The van der Waals surface area contributed by atoms with Gasteiger partial charge in [0.15, 0.2) is 0 Å². The van der Waals surface area contributed by atoms with Crippen molar-refractivity contribution in [3.63, 3.8) is 0 Å². The van der Waals surface area contributed by atoms with E-state index in [4.69, 9.17) is 5.41 Å². The average Bonchev–Trinajstić information content (AvgIpc) is 2.27. The first-order chi connectivity index (χ1) is 8.04. The first-order valence-corrected chi connectivity index (χ1v) is 6.89. The van der Waals surface area contributed by atoms with Gasteiger partial charge in [-0.05, 0) is 44.4 Å². The number of allylic oxidation sites excluding steroid dienone is 4. The third-order valence-corrected chi connectivity index (χ3v) is 3.19. The molecule has 98 valence electrons. The molecule has 1 atom stereocenters. The van der Waals surface area contributed by atoms with Crippen molar-refractivity contribution in [3.8, 4) is 0 Å². The number of hydrogen-bond donors (Lipinski definition) is 1. The van der Waals surface area contributed by atoms with Crippen LogP contribution in [-0.4, -0.2) is 5.71 Å². The molecule has 0 spiro atoms. The maximum absolute atomic E-state index is 7.55. The molecule has 0 radical (unpaired) electrons. The van der Waals surface area contributed by atoms with E-state index in [1.165, 1.54) is 12.8 Å². The fourth-order valence-electron chi connectivity index (χ4n) is 2.07. The normalized spacial score (nSPS) is 15.5. The largest absolute Gasteiger partial charge is 0.310 e. The zero-order valence-electron chi connectivity index (χ0n) is 12.1. The molecule has 0 bridgehead atoms. The third-order valence-electron chi connectivity index (χ3n) is 3.19. The van der Waals surface area contributed by atoms with Gasteiger partial charge in [0.1, 0.15) is 0 Å². The Balaban J connectivity index is 4.23. The van der Waals surface area contributed by atoms with Crippen molar-refractivity contribution in [2.75, 3.05) is 0 Å². The van der Waals surface area contributed by atoms with Crippen molar-refractivity contribution < 1.29 is 0 Å². The van der Waals surface area contributed by atoms with E-state index in [2.05, 4.69) is 45.1 Å². The zero-order valence-corrected chi connectivity index (χ0v) is 12.1. The van der Waals surface area contributed by atoms with Gasteiger partial charge in [-0.2, -0.15) is 0 Å². The molecule has 0 aliphatic rings. The molecule has 0 saturated heterocycles. The summed E-state index contributed by atoms with van der Waals surface area (Å²) >= 11 is 0. The van der Waals surface area contributed by atoms with Gasteiger partial charge >= 0.3 is 0 Å². The van der Waals surface area contributed by atoms with Crippen molar-refractivity contribution in [2.45, 2.75) is 66.2 Å². The van der Waals surface area contributed by atoms with Crippen LogP contribution in [0.4, 0.5) is 0 Å².